The molecular weight excluding hydrogens is 505 g/mol. The van der Waals surface area contributed by atoms with Crippen molar-refractivity contribution in [2.75, 3.05) is 40.3 Å². The Morgan fingerprint density at radius 2 is 2.07 bits per heavy atom. The number of rotatable bonds is 6. The number of aliphatic imine (C=N–C) groups is 1. The second-order valence-corrected chi connectivity index (χ2v) is 8.65. The van der Waals surface area contributed by atoms with Crippen LogP contribution in [-0.2, 0) is 14.8 Å². The van der Waals surface area contributed by atoms with Crippen molar-refractivity contribution < 1.29 is 17.9 Å². The SMILES string of the molecule is CN=C(NCCNS(=O)(=O)c1cccs1)NC1CCN(C(=O)OC)CC1.I. The Bertz CT molecular complexity index is 704. The molecule has 1 aromatic rings. The van der Waals surface area contributed by atoms with Gasteiger partial charge in [0.15, 0.2) is 5.96 Å². The zero-order valence-corrected chi connectivity index (χ0v) is 19.3. The molecule has 1 amide bonds. The van der Waals surface area contributed by atoms with Crippen LogP contribution in [0.25, 0.3) is 0 Å². The molecule has 3 N–H and O–H groups in total. The van der Waals surface area contributed by atoms with E-state index >= 15 is 0 Å². The Hall–Kier alpha value is -1.12. The largest absolute Gasteiger partial charge is 0.453 e. The summed E-state index contributed by atoms with van der Waals surface area (Å²) < 4.78 is 31.6. The molecule has 1 aliphatic rings. The van der Waals surface area contributed by atoms with Crippen LogP contribution in [0.15, 0.2) is 26.7 Å². The number of nitrogens with one attached hydrogen (secondary N) is 3. The summed E-state index contributed by atoms with van der Waals surface area (Å²) in [6, 6.07) is 3.47. The maximum absolute atomic E-state index is 12.0. The number of sulfonamides is 1. The molecule has 1 saturated heterocycles. The molecule has 154 valence electrons. The molecule has 0 spiro atoms. The van der Waals surface area contributed by atoms with Crippen molar-refractivity contribution in [3.63, 3.8) is 0 Å². The van der Waals surface area contributed by atoms with Gasteiger partial charge in [0.05, 0.1) is 7.11 Å². The topological polar surface area (TPSA) is 112 Å². The highest BCUT2D eigenvalue weighted by molar-refractivity contribution is 14.0. The summed E-state index contributed by atoms with van der Waals surface area (Å²) in [6.45, 7) is 1.91. The molecule has 9 nitrogen and oxygen atoms in total. The molecule has 0 radical (unpaired) electrons. The number of piperidine rings is 1. The third-order valence-corrected chi connectivity index (χ3v) is 6.82. The number of halogens is 1. The fourth-order valence-corrected chi connectivity index (χ4v) is 4.65. The summed E-state index contributed by atoms with van der Waals surface area (Å²) in [7, 11) is -0.405. The number of carbonyl (C=O) groups is 1. The Balaban J connectivity index is 0.00000364. The van der Waals surface area contributed by atoms with Crippen molar-refractivity contribution in [1.82, 2.24) is 20.3 Å². The summed E-state index contributed by atoms with van der Waals surface area (Å²) in [5.41, 5.74) is 0. The highest BCUT2D eigenvalue weighted by Crippen LogP contribution is 2.14. The molecule has 1 fully saturated rings. The second kappa shape index (κ2) is 11.7. The van der Waals surface area contributed by atoms with E-state index in [2.05, 4.69) is 20.3 Å². The van der Waals surface area contributed by atoms with Crippen molar-refractivity contribution in [3.05, 3.63) is 17.5 Å². The van der Waals surface area contributed by atoms with Gasteiger partial charge in [0.1, 0.15) is 4.21 Å². The Morgan fingerprint density at radius 1 is 1.37 bits per heavy atom. The van der Waals surface area contributed by atoms with Crippen LogP contribution in [0.1, 0.15) is 12.8 Å². The number of hydrogen-bond acceptors (Lipinski definition) is 6. The monoisotopic (exact) mass is 531 g/mol. The van der Waals surface area contributed by atoms with E-state index < -0.39 is 10.0 Å². The summed E-state index contributed by atoms with van der Waals surface area (Å²) >= 11 is 1.18. The summed E-state index contributed by atoms with van der Waals surface area (Å²) in [4.78, 5) is 17.3. The zero-order valence-electron chi connectivity index (χ0n) is 15.3. The Kier molecular flexibility index (Phi) is 10.3. The Morgan fingerprint density at radius 3 is 2.63 bits per heavy atom. The lowest BCUT2D eigenvalue weighted by Crippen LogP contribution is -2.50. The van der Waals surface area contributed by atoms with Gasteiger partial charge in [-0.25, -0.2) is 17.9 Å². The van der Waals surface area contributed by atoms with Crippen molar-refractivity contribution in [2.24, 2.45) is 4.99 Å². The number of carbonyl (C=O) groups excluding carboxylic acids is 1. The number of nitrogens with zero attached hydrogens (tertiary/aromatic N) is 2. The fraction of sp³-hybridized carbons (Fsp3) is 0.600. The van der Waals surface area contributed by atoms with Gasteiger partial charge in [0.25, 0.3) is 0 Å². The van der Waals surface area contributed by atoms with Crippen LogP contribution in [0.2, 0.25) is 0 Å². The zero-order chi connectivity index (χ0) is 19.0. The third-order valence-electron chi connectivity index (χ3n) is 3.96. The lowest BCUT2D eigenvalue weighted by molar-refractivity contribution is 0.111. The minimum absolute atomic E-state index is 0. The first-order chi connectivity index (χ1) is 12.5. The molecule has 12 heteroatoms. The summed E-state index contributed by atoms with van der Waals surface area (Å²) in [5.74, 6) is 0.608. The highest BCUT2D eigenvalue weighted by atomic mass is 127. The molecule has 0 aliphatic carbocycles. The first-order valence-electron chi connectivity index (χ1n) is 8.29. The first kappa shape index (κ1) is 23.9. The maximum atomic E-state index is 12.0. The van der Waals surface area contributed by atoms with Gasteiger partial charge >= 0.3 is 6.09 Å². The predicted molar refractivity (Wildman–Crippen MR) is 116 cm³/mol. The minimum Gasteiger partial charge on any atom is -0.453 e. The van der Waals surface area contributed by atoms with E-state index in [1.54, 1.807) is 29.5 Å². The van der Waals surface area contributed by atoms with Gasteiger partial charge in [-0.1, -0.05) is 6.07 Å². The van der Waals surface area contributed by atoms with Crippen LogP contribution in [0.4, 0.5) is 4.79 Å². The van der Waals surface area contributed by atoms with Gasteiger partial charge in [0.2, 0.25) is 10.0 Å². The smallest absolute Gasteiger partial charge is 0.409 e. The van der Waals surface area contributed by atoms with Crippen LogP contribution >= 0.6 is 35.3 Å². The second-order valence-electron chi connectivity index (χ2n) is 5.70. The number of amides is 1. The van der Waals surface area contributed by atoms with E-state index in [0.717, 1.165) is 12.8 Å². The summed E-state index contributed by atoms with van der Waals surface area (Å²) in [5, 5.41) is 8.11. The van der Waals surface area contributed by atoms with E-state index in [-0.39, 0.29) is 42.7 Å². The quantitative estimate of drug-likeness (QED) is 0.219. The van der Waals surface area contributed by atoms with Crippen molar-refractivity contribution in [1.29, 1.82) is 0 Å². The minimum atomic E-state index is -3.45. The molecule has 1 aliphatic heterocycles. The molecule has 1 aromatic heterocycles. The van der Waals surface area contributed by atoms with E-state index in [0.29, 0.717) is 29.8 Å². The van der Waals surface area contributed by atoms with Gasteiger partial charge in [-0.05, 0) is 24.3 Å². The standard InChI is InChI=1S/C15H25N5O4S2.HI/c1-16-14(19-12-5-9-20(10-6-12)15(21)24-2)17-7-8-18-26(22,23)13-4-3-11-25-13;/h3-4,11-12,18H,5-10H2,1-2H3,(H2,16,17,19);1H. The van der Waals surface area contributed by atoms with E-state index in [1.807, 2.05) is 0 Å². The van der Waals surface area contributed by atoms with E-state index in [4.69, 9.17) is 4.74 Å². The molecule has 0 aromatic carbocycles. The molecule has 0 atom stereocenters. The number of ether oxygens (including phenoxy) is 1. The van der Waals surface area contributed by atoms with Crippen LogP contribution in [0.3, 0.4) is 0 Å². The van der Waals surface area contributed by atoms with Crippen molar-refractivity contribution in [2.45, 2.75) is 23.1 Å². The van der Waals surface area contributed by atoms with E-state index in [1.165, 1.54) is 18.4 Å². The molecule has 0 unspecified atom stereocenters. The normalized spacial score (nSPS) is 15.8. The van der Waals surface area contributed by atoms with Gasteiger partial charge < -0.3 is 20.3 Å². The predicted octanol–water partition coefficient (Wildman–Crippen LogP) is 1.04. The lowest BCUT2D eigenvalue weighted by Gasteiger charge is -2.32. The fourth-order valence-electron chi connectivity index (χ4n) is 2.58. The van der Waals surface area contributed by atoms with Crippen molar-refractivity contribution in [3.8, 4) is 0 Å². The van der Waals surface area contributed by atoms with Crippen LogP contribution in [0.5, 0.6) is 0 Å². The van der Waals surface area contributed by atoms with Crippen LogP contribution in [0, 0.1) is 0 Å². The maximum Gasteiger partial charge on any atom is 0.409 e. The molecule has 2 heterocycles. The molecular formula is C15H26IN5O4S2. The van der Waals surface area contributed by atoms with Crippen molar-refractivity contribution >= 4 is 57.4 Å². The van der Waals surface area contributed by atoms with Gasteiger partial charge in [-0.15, -0.1) is 35.3 Å². The summed E-state index contributed by atoms with van der Waals surface area (Å²) in [6.07, 6.45) is 1.28. The molecule has 27 heavy (non-hydrogen) atoms. The number of hydrogen-bond donors (Lipinski definition) is 3. The van der Waals surface area contributed by atoms with Gasteiger partial charge in [-0.2, -0.15) is 0 Å². The average Bonchev–Trinajstić information content (AvgIpc) is 3.20. The Labute approximate surface area is 181 Å². The lowest BCUT2D eigenvalue weighted by atomic mass is 10.1. The number of guanidine groups is 1. The van der Waals surface area contributed by atoms with Crippen LogP contribution < -0.4 is 15.4 Å². The molecule has 0 bridgehead atoms. The van der Waals surface area contributed by atoms with Gasteiger partial charge in [0, 0.05) is 39.3 Å². The first-order valence-corrected chi connectivity index (χ1v) is 10.7. The number of thiophene rings is 1. The molecule has 0 saturated carbocycles. The van der Waals surface area contributed by atoms with Crippen LogP contribution in [-0.4, -0.2) is 71.7 Å². The average molecular weight is 531 g/mol. The third kappa shape index (κ3) is 7.43. The van der Waals surface area contributed by atoms with Gasteiger partial charge in [-0.3, -0.25) is 4.99 Å². The molecule has 2 rings (SSSR count). The van der Waals surface area contributed by atoms with E-state index in [9.17, 15) is 13.2 Å². The number of likely N-dealkylation sites (tertiary alicyclic amines) is 1. The highest BCUT2D eigenvalue weighted by Gasteiger charge is 2.23. The number of methoxy groups -OCH3 is 1.